The Kier molecular flexibility index (Phi) is 4.90. The van der Waals surface area contributed by atoms with Crippen molar-refractivity contribution in [1.82, 2.24) is 0 Å². The van der Waals surface area contributed by atoms with Crippen molar-refractivity contribution in [3.63, 3.8) is 0 Å². The number of ether oxygens (including phenoxy) is 1. The Morgan fingerprint density at radius 3 is 2.76 bits per heavy atom. The summed E-state index contributed by atoms with van der Waals surface area (Å²) in [7, 11) is 0. The number of nitro benzene ring substituents is 1. The highest BCUT2D eigenvalue weighted by Crippen LogP contribution is 2.28. The smallest absolute Gasteiger partial charge is 0.311 e. The predicted molar refractivity (Wildman–Crippen MR) is 64.3 cm³/mol. The van der Waals surface area contributed by atoms with Crippen LogP contribution >= 0.6 is 0 Å². The van der Waals surface area contributed by atoms with Gasteiger partial charge in [-0.3, -0.25) is 10.1 Å². The van der Waals surface area contributed by atoms with E-state index in [0.29, 0.717) is 6.42 Å². The number of benzene rings is 1. The summed E-state index contributed by atoms with van der Waals surface area (Å²) in [5, 5.41) is 19.9. The molecule has 0 bridgehead atoms. The molecule has 0 saturated carbocycles. The fraction of sp³-hybridized carbons (Fsp3) is 0.500. The standard InChI is InChI=1S/C12H17NO4/c1-3-10-4-5-12(11(8-10)13(15)16)17-7-6-9(2)14/h4-5,8-9,14H,3,6-7H2,1-2H3. The third kappa shape index (κ3) is 4.03. The van der Waals surface area contributed by atoms with Gasteiger partial charge in [-0.15, -0.1) is 0 Å². The van der Waals surface area contributed by atoms with Crippen LogP contribution in [0.2, 0.25) is 0 Å². The molecule has 5 heteroatoms. The van der Waals surface area contributed by atoms with Crippen LogP contribution in [-0.4, -0.2) is 22.7 Å². The molecule has 0 aromatic heterocycles. The van der Waals surface area contributed by atoms with Gasteiger partial charge in [-0.1, -0.05) is 13.0 Å². The van der Waals surface area contributed by atoms with Gasteiger partial charge in [0, 0.05) is 12.5 Å². The number of hydrogen-bond donors (Lipinski definition) is 1. The van der Waals surface area contributed by atoms with Crippen molar-refractivity contribution in [3.05, 3.63) is 33.9 Å². The molecule has 1 N–H and O–H groups in total. The van der Waals surface area contributed by atoms with Crippen LogP contribution in [0.1, 0.15) is 25.8 Å². The SMILES string of the molecule is CCc1ccc(OCCC(C)O)c([N+](=O)[O-])c1. The summed E-state index contributed by atoms with van der Waals surface area (Å²) < 4.78 is 5.31. The van der Waals surface area contributed by atoms with E-state index in [4.69, 9.17) is 9.84 Å². The molecule has 0 amide bonds. The molecule has 1 unspecified atom stereocenters. The molecule has 1 aromatic carbocycles. The summed E-state index contributed by atoms with van der Waals surface area (Å²) >= 11 is 0. The minimum absolute atomic E-state index is 0.0186. The lowest BCUT2D eigenvalue weighted by Gasteiger charge is -2.08. The fourth-order valence-electron chi connectivity index (χ4n) is 1.39. The third-order valence-corrected chi connectivity index (χ3v) is 2.42. The van der Waals surface area contributed by atoms with Crippen LogP contribution in [0.5, 0.6) is 5.75 Å². The van der Waals surface area contributed by atoms with E-state index in [9.17, 15) is 10.1 Å². The van der Waals surface area contributed by atoms with Crippen LogP contribution in [0, 0.1) is 10.1 Å². The van der Waals surface area contributed by atoms with E-state index in [-0.39, 0.29) is 18.0 Å². The van der Waals surface area contributed by atoms with Gasteiger partial charge in [0.25, 0.3) is 0 Å². The number of hydrogen-bond acceptors (Lipinski definition) is 4. The Morgan fingerprint density at radius 1 is 1.53 bits per heavy atom. The minimum atomic E-state index is -0.469. The fourth-order valence-corrected chi connectivity index (χ4v) is 1.39. The summed E-state index contributed by atoms with van der Waals surface area (Å²) in [5.41, 5.74) is 0.884. The zero-order valence-electron chi connectivity index (χ0n) is 10.0. The minimum Gasteiger partial charge on any atom is -0.487 e. The molecule has 5 nitrogen and oxygen atoms in total. The molecular formula is C12H17NO4. The van der Waals surface area contributed by atoms with Gasteiger partial charge < -0.3 is 9.84 Å². The molecule has 1 rings (SSSR count). The number of aliphatic hydroxyl groups is 1. The lowest BCUT2D eigenvalue weighted by molar-refractivity contribution is -0.385. The first-order valence-electron chi connectivity index (χ1n) is 5.62. The van der Waals surface area contributed by atoms with Gasteiger partial charge >= 0.3 is 5.69 Å². The first-order valence-corrected chi connectivity index (χ1v) is 5.62. The van der Waals surface area contributed by atoms with Gasteiger partial charge in [0.05, 0.1) is 17.6 Å². The average Bonchev–Trinajstić information content (AvgIpc) is 2.28. The van der Waals surface area contributed by atoms with Crippen LogP contribution in [-0.2, 0) is 6.42 Å². The highest BCUT2D eigenvalue weighted by molar-refractivity contribution is 5.48. The molecular weight excluding hydrogens is 222 g/mol. The molecule has 17 heavy (non-hydrogen) atoms. The summed E-state index contributed by atoms with van der Waals surface area (Å²) in [5.74, 6) is 0.257. The number of rotatable bonds is 6. The normalized spacial score (nSPS) is 12.2. The molecule has 0 saturated heterocycles. The van der Waals surface area contributed by atoms with Crippen LogP contribution in [0.25, 0.3) is 0 Å². The first kappa shape index (κ1) is 13.4. The Labute approximate surface area is 100 Å². The highest BCUT2D eigenvalue weighted by atomic mass is 16.6. The largest absolute Gasteiger partial charge is 0.487 e. The van der Waals surface area contributed by atoms with E-state index in [2.05, 4.69) is 0 Å². The molecule has 1 aromatic rings. The van der Waals surface area contributed by atoms with Crippen molar-refractivity contribution >= 4 is 5.69 Å². The second-order valence-electron chi connectivity index (χ2n) is 3.90. The summed E-state index contributed by atoms with van der Waals surface area (Å²) in [6.07, 6.45) is 0.727. The molecule has 1 atom stereocenters. The Morgan fingerprint density at radius 2 is 2.24 bits per heavy atom. The zero-order chi connectivity index (χ0) is 12.8. The summed E-state index contributed by atoms with van der Waals surface area (Å²) in [6.45, 7) is 3.86. The highest BCUT2D eigenvalue weighted by Gasteiger charge is 2.15. The van der Waals surface area contributed by atoms with E-state index in [0.717, 1.165) is 12.0 Å². The van der Waals surface area contributed by atoms with Crippen LogP contribution in [0.15, 0.2) is 18.2 Å². The van der Waals surface area contributed by atoms with Gasteiger partial charge in [0.15, 0.2) is 5.75 Å². The summed E-state index contributed by atoms with van der Waals surface area (Å²) in [4.78, 5) is 10.4. The quantitative estimate of drug-likeness (QED) is 0.610. The average molecular weight is 239 g/mol. The Hall–Kier alpha value is -1.62. The second kappa shape index (κ2) is 6.20. The number of nitro groups is 1. The van der Waals surface area contributed by atoms with Crippen molar-refractivity contribution in [3.8, 4) is 5.75 Å². The van der Waals surface area contributed by atoms with Crippen LogP contribution in [0.4, 0.5) is 5.69 Å². The maximum atomic E-state index is 10.9. The summed E-state index contributed by atoms with van der Waals surface area (Å²) in [6, 6.07) is 4.95. The topological polar surface area (TPSA) is 72.6 Å². The molecule has 0 radical (unpaired) electrons. The van der Waals surface area contributed by atoms with Gasteiger partial charge in [-0.2, -0.15) is 0 Å². The lowest BCUT2D eigenvalue weighted by Crippen LogP contribution is -2.08. The number of aryl methyl sites for hydroxylation is 1. The Balaban J connectivity index is 2.80. The van der Waals surface area contributed by atoms with E-state index in [1.807, 2.05) is 13.0 Å². The van der Waals surface area contributed by atoms with E-state index in [1.54, 1.807) is 13.0 Å². The Bertz CT molecular complexity index is 390. The maximum absolute atomic E-state index is 10.9. The lowest BCUT2D eigenvalue weighted by atomic mass is 10.1. The van der Waals surface area contributed by atoms with Crippen molar-refractivity contribution in [1.29, 1.82) is 0 Å². The molecule has 0 aliphatic carbocycles. The maximum Gasteiger partial charge on any atom is 0.311 e. The number of nitrogens with zero attached hydrogens (tertiary/aromatic N) is 1. The molecule has 0 spiro atoms. The third-order valence-electron chi connectivity index (χ3n) is 2.42. The molecule has 0 aliphatic rings. The van der Waals surface area contributed by atoms with E-state index in [1.165, 1.54) is 6.07 Å². The van der Waals surface area contributed by atoms with Crippen LogP contribution < -0.4 is 4.74 Å². The molecule has 0 heterocycles. The predicted octanol–water partition coefficient (Wildman–Crippen LogP) is 2.31. The van der Waals surface area contributed by atoms with Crippen LogP contribution in [0.3, 0.4) is 0 Å². The molecule has 94 valence electrons. The second-order valence-corrected chi connectivity index (χ2v) is 3.90. The van der Waals surface area contributed by atoms with E-state index < -0.39 is 11.0 Å². The van der Waals surface area contributed by atoms with Gasteiger partial charge in [-0.25, -0.2) is 0 Å². The molecule has 0 aliphatic heterocycles. The van der Waals surface area contributed by atoms with Crippen molar-refractivity contribution in [2.45, 2.75) is 32.8 Å². The zero-order valence-corrected chi connectivity index (χ0v) is 10.0. The van der Waals surface area contributed by atoms with Gasteiger partial charge in [0.1, 0.15) is 0 Å². The molecule has 0 fully saturated rings. The van der Waals surface area contributed by atoms with Crippen molar-refractivity contribution < 1.29 is 14.8 Å². The first-order chi connectivity index (χ1) is 8.04. The van der Waals surface area contributed by atoms with Crippen molar-refractivity contribution in [2.24, 2.45) is 0 Å². The monoisotopic (exact) mass is 239 g/mol. The van der Waals surface area contributed by atoms with Crippen molar-refractivity contribution in [2.75, 3.05) is 6.61 Å². The van der Waals surface area contributed by atoms with Gasteiger partial charge in [-0.05, 0) is 25.0 Å². The van der Waals surface area contributed by atoms with Gasteiger partial charge in [0.2, 0.25) is 0 Å². The van der Waals surface area contributed by atoms with E-state index >= 15 is 0 Å². The number of aliphatic hydroxyl groups excluding tert-OH is 1.